The minimum Gasteiger partial charge on any atom is -0.335 e. The highest BCUT2D eigenvalue weighted by atomic mass is 32.2. The van der Waals surface area contributed by atoms with Crippen molar-refractivity contribution in [2.75, 3.05) is 0 Å². The van der Waals surface area contributed by atoms with Gasteiger partial charge in [-0.15, -0.1) is 0 Å². The highest BCUT2D eigenvalue weighted by molar-refractivity contribution is 8.00. The van der Waals surface area contributed by atoms with Crippen molar-refractivity contribution < 1.29 is 9.59 Å². The van der Waals surface area contributed by atoms with E-state index in [1.54, 1.807) is 13.1 Å². The van der Waals surface area contributed by atoms with E-state index in [-0.39, 0.29) is 23.2 Å². The third kappa shape index (κ3) is 4.77. The zero-order chi connectivity index (χ0) is 15.2. The third-order valence-electron chi connectivity index (χ3n) is 3.61. The molecule has 1 heterocycles. The van der Waals surface area contributed by atoms with E-state index < -0.39 is 0 Å². The van der Waals surface area contributed by atoms with Crippen molar-refractivity contribution in [2.24, 2.45) is 7.05 Å². The van der Waals surface area contributed by atoms with Gasteiger partial charge in [-0.1, -0.05) is 31.0 Å². The molecule has 0 spiro atoms. The summed E-state index contributed by atoms with van der Waals surface area (Å²) in [5.74, 6) is -0.295. The largest absolute Gasteiger partial charge is 0.335 e. The maximum Gasteiger partial charge on any atom is 0.321 e. The number of rotatable bonds is 4. The van der Waals surface area contributed by atoms with Crippen LogP contribution < -0.4 is 10.6 Å². The van der Waals surface area contributed by atoms with Gasteiger partial charge in [0.15, 0.2) is 5.16 Å². The molecule has 1 aliphatic carbocycles. The van der Waals surface area contributed by atoms with Crippen LogP contribution in [0.5, 0.6) is 0 Å². The van der Waals surface area contributed by atoms with Gasteiger partial charge in [0.2, 0.25) is 5.91 Å². The number of hydrogen-bond acceptors (Lipinski definition) is 4. The average Bonchev–Trinajstić information content (AvgIpc) is 2.85. The molecule has 1 fully saturated rings. The minimum atomic E-state index is -0.390. The molecule has 1 aromatic heterocycles. The molecule has 1 atom stereocenters. The Morgan fingerprint density at radius 2 is 2.10 bits per heavy atom. The van der Waals surface area contributed by atoms with Crippen molar-refractivity contribution in [1.29, 1.82) is 0 Å². The molecule has 2 N–H and O–H groups in total. The smallest absolute Gasteiger partial charge is 0.321 e. The van der Waals surface area contributed by atoms with Gasteiger partial charge in [0.1, 0.15) is 0 Å². The first-order valence-corrected chi connectivity index (χ1v) is 8.19. The van der Waals surface area contributed by atoms with Crippen LogP contribution in [0.4, 0.5) is 4.79 Å². The Morgan fingerprint density at radius 1 is 1.38 bits per heavy atom. The lowest BCUT2D eigenvalue weighted by Gasteiger charge is -2.23. The standard InChI is InChI=1S/C14H22N4O2S/c1-10(21-14-15-8-9-18(14)2)12(19)17-13(20)16-11-6-4-3-5-7-11/h8-11H,3-7H2,1-2H3,(H2,16,17,19,20). The van der Waals surface area contributed by atoms with Crippen molar-refractivity contribution in [1.82, 2.24) is 20.2 Å². The predicted octanol–water partition coefficient (Wildman–Crippen LogP) is 2.06. The Labute approximate surface area is 129 Å². The van der Waals surface area contributed by atoms with Crippen molar-refractivity contribution in [3.63, 3.8) is 0 Å². The van der Waals surface area contributed by atoms with E-state index in [2.05, 4.69) is 15.6 Å². The molecule has 0 aliphatic heterocycles. The van der Waals surface area contributed by atoms with Gasteiger partial charge >= 0.3 is 6.03 Å². The van der Waals surface area contributed by atoms with Crippen molar-refractivity contribution in [3.8, 4) is 0 Å². The quantitative estimate of drug-likeness (QED) is 0.835. The van der Waals surface area contributed by atoms with Gasteiger partial charge in [-0.2, -0.15) is 0 Å². The molecule has 116 valence electrons. The Balaban J connectivity index is 1.77. The summed E-state index contributed by atoms with van der Waals surface area (Å²) in [6.45, 7) is 1.77. The zero-order valence-corrected chi connectivity index (χ0v) is 13.3. The van der Waals surface area contributed by atoms with E-state index in [0.29, 0.717) is 0 Å². The molecule has 21 heavy (non-hydrogen) atoms. The van der Waals surface area contributed by atoms with Crippen LogP contribution in [0.1, 0.15) is 39.0 Å². The fraction of sp³-hybridized carbons (Fsp3) is 0.643. The molecular formula is C14H22N4O2S. The van der Waals surface area contributed by atoms with Crippen LogP contribution in [0.2, 0.25) is 0 Å². The number of carbonyl (C=O) groups excluding carboxylic acids is 2. The van der Waals surface area contributed by atoms with Gasteiger partial charge in [0, 0.05) is 25.5 Å². The third-order valence-corrected chi connectivity index (χ3v) is 4.78. The van der Waals surface area contributed by atoms with E-state index >= 15 is 0 Å². The number of thioether (sulfide) groups is 1. The molecule has 6 nitrogen and oxygen atoms in total. The van der Waals surface area contributed by atoms with E-state index in [1.807, 2.05) is 17.8 Å². The van der Waals surface area contributed by atoms with E-state index in [1.165, 1.54) is 18.2 Å². The number of imide groups is 1. The van der Waals surface area contributed by atoms with Gasteiger partial charge < -0.3 is 9.88 Å². The first kappa shape index (κ1) is 15.9. The Morgan fingerprint density at radius 3 is 2.71 bits per heavy atom. The summed E-state index contributed by atoms with van der Waals surface area (Å²) in [5.41, 5.74) is 0. The van der Waals surface area contributed by atoms with Gasteiger partial charge in [0.25, 0.3) is 0 Å². The van der Waals surface area contributed by atoms with Gasteiger partial charge in [-0.05, 0) is 19.8 Å². The molecule has 1 aliphatic rings. The predicted molar refractivity (Wildman–Crippen MR) is 82.1 cm³/mol. The lowest BCUT2D eigenvalue weighted by atomic mass is 9.96. The molecule has 0 saturated heterocycles. The van der Waals surface area contributed by atoms with Crippen molar-refractivity contribution in [3.05, 3.63) is 12.4 Å². The highest BCUT2D eigenvalue weighted by Gasteiger charge is 2.21. The molecule has 1 unspecified atom stereocenters. The number of hydrogen-bond donors (Lipinski definition) is 2. The summed E-state index contributed by atoms with van der Waals surface area (Å²) in [5, 5.41) is 5.67. The normalized spacial score (nSPS) is 17.2. The Hall–Kier alpha value is -1.50. The molecule has 7 heteroatoms. The second kappa shape index (κ2) is 7.49. The topological polar surface area (TPSA) is 76.0 Å². The summed E-state index contributed by atoms with van der Waals surface area (Å²) in [6.07, 6.45) is 9.02. The SMILES string of the molecule is CC(Sc1nccn1C)C(=O)NC(=O)NC1CCCCC1. The van der Waals surface area contributed by atoms with Crippen LogP contribution in [-0.2, 0) is 11.8 Å². The number of nitrogens with zero attached hydrogens (tertiary/aromatic N) is 2. The molecular weight excluding hydrogens is 288 g/mol. The van der Waals surface area contributed by atoms with Gasteiger partial charge in [0.05, 0.1) is 5.25 Å². The molecule has 3 amide bonds. The number of imidazole rings is 1. The molecule has 0 bridgehead atoms. The monoisotopic (exact) mass is 310 g/mol. The van der Waals surface area contributed by atoms with Crippen LogP contribution in [0.25, 0.3) is 0 Å². The number of amides is 3. The maximum atomic E-state index is 12.0. The lowest BCUT2D eigenvalue weighted by Crippen LogP contribution is -2.47. The van der Waals surface area contributed by atoms with E-state index in [0.717, 1.165) is 30.8 Å². The molecule has 0 aromatic carbocycles. The van der Waals surface area contributed by atoms with Crippen LogP contribution >= 0.6 is 11.8 Å². The van der Waals surface area contributed by atoms with Crippen LogP contribution in [0.15, 0.2) is 17.6 Å². The highest BCUT2D eigenvalue weighted by Crippen LogP contribution is 2.20. The van der Waals surface area contributed by atoms with Gasteiger partial charge in [-0.25, -0.2) is 9.78 Å². The van der Waals surface area contributed by atoms with Crippen molar-refractivity contribution >= 4 is 23.7 Å². The second-order valence-electron chi connectivity index (χ2n) is 5.38. The zero-order valence-electron chi connectivity index (χ0n) is 12.5. The lowest BCUT2D eigenvalue weighted by molar-refractivity contribution is -0.119. The Bertz CT molecular complexity index is 497. The molecule has 0 radical (unpaired) electrons. The summed E-state index contributed by atoms with van der Waals surface area (Å²) >= 11 is 1.33. The number of carbonyl (C=O) groups is 2. The number of aromatic nitrogens is 2. The second-order valence-corrected chi connectivity index (χ2v) is 6.69. The maximum absolute atomic E-state index is 12.0. The van der Waals surface area contributed by atoms with Crippen LogP contribution in [0.3, 0.4) is 0 Å². The minimum absolute atomic E-state index is 0.198. The summed E-state index contributed by atoms with van der Waals surface area (Å²) in [7, 11) is 1.87. The number of aryl methyl sites for hydroxylation is 1. The van der Waals surface area contributed by atoms with Gasteiger partial charge in [-0.3, -0.25) is 10.1 Å². The molecule has 2 rings (SSSR count). The summed E-state index contributed by atoms with van der Waals surface area (Å²) < 4.78 is 1.84. The number of urea groups is 1. The first-order valence-electron chi connectivity index (χ1n) is 7.31. The fourth-order valence-electron chi connectivity index (χ4n) is 2.36. The van der Waals surface area contributed by atoms with E-state index in [9.17, 15) is 9.59 Å². The van der Waals surface area contributed by atoms with Crippen molar-refractivity contribution in [2.45, 2.75) is 55.5 Å². The van der Waals surface area contributed by atoms with E-state index in [4.69, 9.17) is 0 Å². The van der Waals surface area contributed by atoms with Crippen LogP contribution in [0, 0.1) is 0 Å². The summed E-state index contributed by atoms with van der Waals surface area (Å²) in [4.78, 5) is 28.0. The Kier molecular flexibility index (Phi) is 5.67. The molecule has 1 saturated carbocycles. The first-order chi connectivity index (χ1) is 10.1. The van der Waals surface area contributed by atoms with Crippen LogP contribution in [-0.4, -0.2) is 32.8 Å². The summed E-state index contributed by atoms with van der Waals surface area (Å²) in [6, 6.07) is -0.191. The number of nitrogens with one attached hydrogen (secondary N) is 2. The fourth-order valence-corrected chi connectivity index (χ4v) is 3.19. The average molecular weight is 310 g/mol. The molecule has 1 aromatic rings.